The Morgan fingerprint density at radius 3 is 2.86 bits per heavy atom. The molecule has 0 aliphatic heterocycles. The van der Waals surface area contributed by atoms with E-state index in [1.165, 1.54) is 16.7 Å². The second kappa shape index (κ2) is 6.08. The molecule has 110 valence electrons. The third kappa shape index (κ3) is 3.07. The van der Waals surface area contributed by atoms with E-state index in [1.54, 1.807) is 7.11 Å². The monoisotopic (exact) mass is 301 g/mol. The zero-order valence-corrected chi connectivity index (χ0v) is 13.2. The summed E-state index contributed by atoms with van der Waals surface area (Å²) < 4.78 is 5.35. The summed E-state index contributed by atoms with van der Waals surface area (Å²) in [6.45, 7) is 2.18. The Morgan fingerprint density at radius 2 is 2.10 bits per heavy atom. The SMILES string of the molecule is COc1ccc2c(c1)C(N[C@H](C)c1cccc(Cl)c1)CC2. The van der Waals surface area contributed by atoms with Gasteiger partial charge in [-0.2, -0.15) is 0 Å². The lowest BCUT2D eigenvalue weighted by Crippen LogP contribution is -2.23. The molecule has 0 bridgehead atoms. The van der Waals surface area contributed by atoms with E-state index in [9.17, 15) is 0 Å². The molecule has 21 heavy (non-hydrogen) atoms. The van der Waals surface area contributed by atoms with Crippen molar-refractivity contribution in [3.05, 3.63) is 64.2 Å². The maximum Gasteiger partial charge on any atom is 0.119 e. The molecule has 2 nitrogen and oxygen atoms in total. The van der Waals surface area contributed by atoms with Crippen molar-refractivity contribution in [3.8, 4) is 5.75 Å². The van der Waals surface area contributed by atoms with Crippen molar-refractivity contribution in [2.75, 3.05) is 7.11 Å². The van der Waals surface area contributed by atoms with Gasteiger partial charge in [-0.15, -0.1) is 0 Å². The summed E-state index contributed by atoms with van der Waals surface area (Å²) in [4.78, 5) is 0. The molecule has 0 fully saturated rings. The second-order valence-corrected chi connectivity index (χ2v) is 6.04. The van der Waals surface area contributed by atoms with Crippen molar-refractivity contribution >= 4 is 11.6 Å². The van der Waals surface area contributed by atoms with Crippen molar-refractivity contribution in [2.24, 2.45) is 0 Å². The molecule has 0 saturated carbocycles. The lowest BCUT2D eigenvalue weighted by Gasteiger charge is -2.21. The van der Waals surface area contributed by atoms with Crippen LogP contribution >= 0.6 is 11.6 Å². The predicted molar refractivity (Wildman–Crippen MR) is 87.1 cm³/mol. The molecule has 1 unspecified atom stereocenters. The minimum atomic E-state index is 0.269. The second-order valence-electron chi connectivity index (χ2n) is 5.60. The van der Waals surface area contributed by atoms with Gasteiger partial charge in [0.15, 0.2) is 0 Å². The Kier molecular flexibility index (Phi) is 4.18. The molecule has 0 amide bonds. The highest BCUT2D eigenvalue weighted by atomic mass is 35.5. The third-order valence-electron chi connectivity index (χ3n) is 4.23. The number of rotatable bonds is 4. The average molecular weight is 302 g/mol. The van der Waals surface area contributed by atoms with Crippen LogP contribution in [0.3, 0.4) is 0 Å². The summed E-state index contributed by atoms with van der Waals surface area (Å²) >= 11 is 6.08. The molecular formula is C18H20ClNO. The molecule has 3 heteroatoms. The van der Waals surface area contributed by atoms with E-state index < -0.39 is 0 Å². The number of hydrogen-bond donors (Lipinski definition) is 1. The van der Waals surface area contributed by atoms with Crippen molar-refractivity contribution < 1.29 is 4.74 Å². The molecule has 0 saturated heterocycles. The van der Waals surface area contributed by atoms with Crippen LogP contribution in [-0.2, 0) is 6.42 Å². The van der Waals surface area contributed by atoms with E-state index >= 15 is 0 Å². The van der Waals surface area contributed by atoms with Gasteiger partial charge in [0, 0.05) is 17.1 Å². The van der Waals surface area contributed by atoms with E-state index in [-0.39, 0.29) is 6.04 Å². The summed E-state index contributed by atoms with van der Waals surface area (Å²) in [5, 5.41) is 4.50. The molecule has 1 aliphatic carbocycles. The van der Waals surface area contributed by atoms with Gasteiger partial charge in [-0.3, -0.25) is 0 Å². The maximum atomic E-state index is 6.08. The van der Waals surface area contributed by atoms with Gasteiger partial charge in [0.05, 0.1) is 7.11 Å². The number of benzene rings is 2. The lowest BCUT2D eigenvalue weighted by atomic mass is 10.0. The van der Waals surface area contributed by atoms with E-state index in [4.69, 9.17) is 16.3 Å². The molecule has 0 spiro atoms. The first-order chi connectivity index (χ1) is 10.2. The van der Waals surface area contributed by atoms with E-state index in [1.807, 2.05) is 24.3 Å². The first kappa shape index (κ1) is 14.4. The van der Waals surface area contributed by atoms with Gasteiger partial charge in [0.1, 0.15) is 5.75 Å². The fraction of sp³-hybridized carbons (Fsp3) is 0.333. The van der Waals surface area contributed by atoms with Crippen LogP contribution in [0.1, 0.15) is 42.1 Å². The van der Waals surface area contributed by atoms with Crippen molar-refractivity contribution in [3.63, 3.8) is 0 Å². The first-order valence-corrected chi connectivity index (χ1v) is 7.73. The highest BCUT2D eigenvalue weighted by Gasteiger charge is 2.24. The largest absolute Gasteiger partial charge is 0.497 e. The molecule has 1 aliphatic rings. The van der Waals surface area contributed by atoms with Gasteiger partial charge in [-0.1, -0.05) is 29.8 Å². The van der Waals surface area contributed by atoms with Gasteiger partial charge >= 0.3 is 0 Å². The van der Waals surface area contributed by atoms with E-state index in [0.717, 1.165) is 23.6 Å². The van der Waals surface area contributed by atoms with Gasteiger partial charge in [-0.05, 0) is 60.7 Å². The highest BCUT2D eigenvalue weighted by Crippen LogP contribution is 2.35. The van der Waals surface area contributed by atoms with Crippen molar-refractivity contribution in [1.29, 1.82) is 0 Å². The van der Waals surface area contributed by atoms with Crippen LogP contribution in [0.5, 0.6) is 5.75 Å². The number of nitrogens with one attached hydrogen (secondary N) is 1. The maximum absolute atomic E-state index is 6.08. The summed E-state index contributed by atoms with van der Waals surface area (Å²) in [6, 6.07) is 15.1. The molecule has 0 heterocycles. The molecule has 2 atom stereocenters. The number of ether oxygens (including phenoxy) is 1. The molecule has 0 radical (unpaired) electrons. The zero-order chi connectivity index (χ0) is 14.8. The molecule has 1 N–H and O–H groups in total. The Bertz CT molecular complexity index is 641. The number of hydrogen-bond acceptors (Lipinski definition) is 2. The van der Waals surface area contributed by atoms with Gasteiger partial charge in [0.2, 0.25) is 0 Å². The third-order valence-corrected chi connectivity index (χ3v) is 4.47. The predicted octanol–water partition coefficient (Wildman–Crippen LogP) is 4.69. The van der Waals surface area contributed by atoms with Crippen LogP contribution < -0.4 is 10.1 Å². The standard InChI is InChI=1S/C18H20ClNO/c1-12(14-4-3-5-15(19)10-14)20-18-9-7-13-6-8-16(21-2)11-17(13)18/h3-6,8,10-12,18,20H,7,9H2,1-2H3/t12-,18?/m1/s1. The van der Waals surface area contributed by atoms with Gasteiger partial charge < -0.3 is 10.1 Å². The minimum Gasteiger partial charge on any atom is -0.497 e. The van der Waals surface area contributed by atoms with E-state index in [2.05, 4.69) is 30.4 Å². The molecule has 2 aromatic carbocycles. The lowest BCUT2D eigenvalue weighted by molar-refractivity contribution is 0.412. The van der Waals surface area contributed by atoms with Crippen LogP contribution in [0, 0.1) is 0 Å². The Labute approximate surface area is 131 Å². The number of methoxy groups -OCH3 is 1. The Morgan fingerprint density at radius 1 is 1.24 bits per heavy atom. The van der Waals surface area contributed by atoms with Gasteiger partial charge in [-0.25, -0.2) is 0 Å². The van der Waals surface area contributed by atoms with Crippen LogP contribution in [0.4, 0.5) is 0 Å². The fourth-order valence-electron chi connectivity index (χ4n) is 3.05. The first-order valence-electron chi connectivity index (χ1n) is 7.35. The molecule has 2 aromatic rings. The van der Waals surface area contributed by atoms with Crippen molar-refractivity contribution in [1.82, 2.24) is 5.32 Å². The summed E-state index contributed by atoms with van der Waals surface area (Å²) in [7, 11) is 1.72. The summed E-state index contributed by atoms with van der Waals surface area (Å²) in [5.74, 6) is 0.929. The quantitative estimate of drug-likeness (QED) is 0.885. The number of aryl methyl sites for hydroxylation is 1. The molecule has 3 rings (SSSR count). The highest BCUT2D eigenvalue weighted by molar-refractivity contribution is 6.30. The summed E-state index contributed by atoms with van der Waals surface area (Å²) in [5.41, 5.74) is 4.01. The van der Waals surface area contributed by atoms with Crippen LogP contribution in [0.2, 0.25) is 5.02 Å². The summed E-state index contributed by atoms with van der Waals surface area (Å²) in [6.07, 6.45) is 2.26. The molecule has 0 aromatic heterocycles. The van der Waals surface area contributed by atoms with Crippen LogP contribution in [0.15, 0.2) is 42.5 Å². The van der Waals surface area contributed by atoms with Crippen LogP contribution in [-0.4, -0.2) is 7.11 Å². The van der Waals surface area contributed by atoms with E-state index in [0.29, 0.717) is 6.04 Å². The number of fused-ring (bicyclic) bond motifs is 1. The van der Waals surface area contributed by atoms with Crippen molar-refractivity contribution in [2.45, 2.75) is 31.8 Å². The average Bonchev–Trinajstić information content (AvgIpc) is 2.89. The van der Waals surface area contributed by atoms with Gasteiger partial charge in [0.25, 0.3) is 0 Å². The number of halogens is 1. The smallest absolute Gasteiger partial charge is 0.119 e. The molecular weight excluding hydrogens is 282 g/mol. The minimum absolute atomic E-state index is 0.269. The zero-order valence-electron chi connectivity index (χ0n) is 12.4. The Balaban J connectivity index is 1.78. The topological polar surface area (TPSA) is 21.3 Å². The fourth-order valence-corrected chi connectivity index (χ4v) is 3.25. The van der Waals surface area contributed by atoms with Crippen LogP contribution in [0.25, 0.3) is 0 Å². The normalized spacial score (nSPS) is 18.3. The Hall–Kier alpha value is -1.51.